The first-order valence-corrected chi connectivity index (χ1v) is 9.54. The maximum Gasteiger partial charge on any atom is 0.243 e. The van der Waals surface area contributed by atoms with Crippen LogP contribution in [0.1, 0.15) is 24.5 Å². The van der Waals surface area contributed by atoms with Crippen molar-refractivity contribution in [3.8, 4) is 0 Å². The van der Waals surface area contributed by atoms with E-state index in [0.29, 0.717) is 13.1 Å². The summed E-state index contributed by atoms with van der Waals surface area (Å²) >= 11 is 0. The van der Waals surface area contributed by atoms with Crippen molar-refractivity contribution in [3.05, 3.63) is 65.7 Å². The molecule has 3 amide bonds. The Labute approximate surface area is 164 Å². The van der Waals surface area contributed by atoms with Crippen LogP contribution < -0.4 is 10.6 Å². The van der Waals surface area contributed by atoms with Gasteiger partial charge in [-0.05, 0) is 23.6 Å². The maximum absolute atomic E-state index is 12.4. The average Bonchev–Trinajstić information content (AvgIpc) is 3.08. The fourth-order valence-corrected chi connectivity index (χ4v) is 3.36. The minimum absolute atomic E-state index is 0.0367. The summed E-state index contributed by atoms with van der Waals surface area (Å²) in [5.74, 6) is -1.00. The molecule has 0 aliphatic carbocycles. The van der Waals surface area contributed by atoms with E-state index in [2.05, 4.69) is 10.6 Å². The quantitative estimate of drug-likeness (QED) is 0.775. The van der Waals surface area contributed by atoms with Crippen molar-refractivity contribution in [2.45, 2.75) is 26.3 Å². The molecule has 2 N–H and O–H groups in total. The molecule has 0 unspecified atom stereocenters. The molecule has 1 fully saturated rings. The number of benzene rings is 2. The van der Waals surface area contributed by atoms with E-state index in [9.17, 15) is 14.4 Å². The van der Waals surface area contributed by atoms with Crippen LogP contribution >= 0.6 is 0 Å². The first kappa shape index (κ1) is 19.6. The van der Waals surface area contributed by atoms with Gasteiger partial charge in [0.25, 0.3) is 0 Å². The van der Waals surface area contributed by atoms with Gasteiger partial charge in [-0.1, -0.05) is 55.5 Å². The molecule has 0 aromatic heterocycles. The van der Waals surface area contributed by atoms with Crippen molar-refractivity contribution in [2.75, 3.05) is 18.4 Å². The Hall–Kier alpha value is -3.15. The van der Waals surface area contributed by atoms with Gasteiger partial charge in [0.05, 0.1) is 12.5 Å². The Balaban J connectivity index is 1.48. The third kappa shape index (κ3) is 4.97. The summed E-state index contributed by atoms with van der Waals surface area (Å²) in [7, 11) is 0. The molecular formula is C22H25N3O3. The average molecular weight is 379 g/mol. The predicted molar refractivity (Wildman–Crippen MR) is 107 cm³/mol. The third-order valence-corrected chi connectivity index (χ3v) is 4.90. The van der Waals surface area contributed by atoms with Crippen LogP contribution in [0.5, 0.6) is 0 Å². The van der Waals surface area contributed by atoms with E-state index in [1.165, 1.54) is 0 Å². The summed E-state index contributed by atoms with van der Waals surface area (Å²) in [4.78, 5) is 38.5. The van der Waals surface area contributed by atoms with Crippen LogP contribution in [0.3, 0.4) is 0 Å². The van der Waals surface area contributed by atoms with E-state index in [-0.39, 0.29) is 30.7 Å². The van der Waals surface area contributed by atoms with Gasteiger partial charge in [0.2, 0.25) is 17.7 Å². The molecular weight excluding hydrogens is 354 g/mol. The molecule has 6 heteroatoms. The van der Waals surface area contributed by atoms with E-state index in [1.807, 2.05) is 61.5 Å². The van der Waals surface area contributed by atoms with Gasteiger partial charge in [0.15, 0.2) is 0 Å². The van der Waals surface area contributed by atoms with Gasteiger partial charge in [-0.25, -0.2) is 0 Å². The molecule has 2 aromatic rings. The number of rotatable bonds is 7. The highest BCUT2D eigenvalue weighted by Gasteiger charge is 2.34. The van der Waals surface area contributed by atoms with Crippen LogP contribution in [0, 0.1) is 5.92 Å². The molecule has 1 saturated heterocycles. The number of hydrogen-bond donors (Lipinski definition) is 2. The zero-order valence-electron chi connectivity index (χ0n) is 16.0. The molecule has 28 heavy (non-hydrogen) atoms. The molecule has 0 radical (unpaired) electrons. The van der Waals surface area contributed by atoms with E-state index in [4.69, 9.17) is 0 Å². The van der Waals surface area contributed by atoms with Gasteiger partial charge in [0, 0.05) is 25.2 Å². The number of anilines is 1. The minimum atomic E-state index is -0.424. The molecule has 0 bridgehead atoms. The summed E-state index contributed by atoms with van der Waals surface area (Å²) < 4.78 is 0. The minimum Gasteiger partial charge on any atom is -0.347 e. The normalized spacial score (nSPS) is 16.1. The molecule has 1 aliphatic rings. The van der Waals surface area contributed by atoms with Crippen molar-refractivity contribution in [2.24, 2.45) is 5.92 Å². The summed E-state index contributed by atoms with van der Waals surface area (Å²) in [5, 5.41) is 5.48. The van der Waals surface area contributed by atoms with Crippen molar-refractivity contribution < 1.29 is 14.4 Å². The molecule has 1 atom stereocenters. The van der Waals surface area contributed by atoms with E-state index < -0.39 is 5.92 Å². The largest absolute Gasteiger partial charge is 0.347 e. The lowest BCUT2D eigenvalue weighted by molar-refractivity contribution is -0.129. The van der Waals surface area contributed by atoms with Crippen LogP contribution in [-0.4, -0.2) is 35.7 Å². The van der Waals surface area contributed by atoms with Gasteiger partial charge in [-0.3, -0.25) is 14.4 Å². The molecule has 0 spiro atoms. The van der Waals surface area contributed by atoms with Crippen molar-refractivity contribution in [1.29, 1.82) is 0 Å². The van der Waals surface area contributed by atoms with Crippen molar-refractivity contribution >= 4 is 23.4 Å². The van der Waals surface area contributed by atoms with Gasteiger partial charge >= 0.3 is 0 Å². The first-order chi connectivity index (χ1) is 13.6. The Morgan fingerprint density at radius 1 is 1.07 bits per heavy atom. The third-order valence-electron chi connectivity index (χ3n) is 4.90. The van der Waals surface area contributed by atoms with Crippen LogP contribution in [0.2, 0.25) is 0 Å². The lowest BCUT2D eigenvalue weighted by atomic mass is 10.1. The second kappa shape index (κ2) is 9.17. The number of carbonyl (C=O) groups is 3. The van der Waals surface area contributed by atoms with Crippen LogP contribution in [0.25, 0.3) is 0 Å². The highest BCUT2D eigenvalue weighted by Crippen LogP contribution is 2.20. The fraction of sp³-hybridized carbons (Fsp3) is 0.318. The smallest absolute Gasteiger partial charge is 0.243 e. The van der Waals surface area contributed by atoms with Crippen LogP contribution in [0.4, 0.5) is 5.69 Å². The van der Waals surface area contributed by atoms with Gasteiger partial charge in [-0.15, -0.1) is 0 Å². The molecule has 0 saturated carbocycles. The molecule has 3 rings (SSSR count). The highest BCUT2D eigenvalue weighted by molar-refractivity contribution is 5.96. The summed E-state index contributed by atoms with van der Waals surface area (Å²) in [6, 6.07) is 17.3. The Morgan fingerprint density at radius 2 is 1.79 bits per heavy atom. The highest BCUT2D eigenvalue weighted by atomic mass is 16.2. The van der Waals surface area contributed by atoms with Crippen molar-refractivity contribution in [3.63, 3.8) is 0 Å². The lowest BCUT2D eigenvalue weighted by Crippen LogP contribution is -2.38. The SMILES string of the molecule is CCc1ccccc1NC(=O)CNC(=O)[C@@H]1CC(=O)N(Cc2ccccc2)C1. The zero-order valence-corrected chi connectivity index (χ0v) is 16.0. The number of para-hydroxylation sites is 1. The number of amides is 3. The zero-order chi connectivity index (χ0) is 19.9. The molecule has 2 aromatic carbocycles. The summed E-state index contributed by atoms with van der Waals surface area (Å²) in [5.41, 5.74) is 2.83. The summed E-state index contributed by atoms with van der Waals surface area (Å²) in [6.45, 7) is 2.78. The van der Waals surface area contributed by atoms with Gasteiger partial charge < -0.3 is 15.5 Å². The molecule has 6 nitrogen and oxygen atoms in total. The summed E-state index contributed by atoms with van der Waals surface area (Å²) in [6.07, 6.45) is 0.989. The van der Waals surface area contributed by atoms with E-state index in [1.54, 1.807) is 4.90 Å². The number of nitrogens with one attached hydrogen (secondary N) is 2. The first-order valence-electron chi connectivity index (χ1n) is 9.54. The van der Waals surface area contributed by atoms with E-state index >= 15 is 0 Å². The topological polar surface area (TPSA) is 78.5 Å². The number of carbonyl (C=O) groups excluding carboxylic acids is 3. The Kier molecular flexibility index (Phi) is 6.42. The number of hydrogen-bond acceptors (Lipinski definition) is 3. The molecule has 1 heterocycles. The predicted octanol–water partition coefficient (Wildman–Crippen LogP) is 2.35. The van der Waals surface area contributed by atoms with Crippen molar-refractivity contribution in [1.82, 2.24) is 10.2 Å². The Morgan fingerprint density at radius 3 is 2.54 bits per heavy atom. The van der Waals surface area contributed by atoms with Gasteiger partial charge in [-0.2, -0.15) is 0 Å². The molecule has 1 aliphatic heterocycles. The maximum atomic E-state index is 12.4. The van der Waals surface area contributed by atoms with Crippen LogP contribution in [-0.2, 0) is 27.3 Å². The Bertz CT molecular complexity index is 851. The second-order valence-electron chi connectivity index (χ2n) is 6.94. The fourth-order valence-electron chi connectivity index (χ4n) is 3.36. The van der Waals surface area contributed by atoms with Crippen LogP contribution in [0.15, 0.2) is 54.6 Å². The standard InChI is InChI=1S/C22H25N3O3/c1-2-17-10-6-7-11-19(17)24-20(26)13-23-22(28)18-12-21(27)25(15-18)14-16-8-4-3-5-9-16/h3-11,18H,2,12-15H2,1H3,(H,23,28)(H,24,26)/t18-/m1/s1. The second-order valence-corrected chi connectivity index (χ2v) is 6.94. The number of likely N-dealkylation sites (tertiary alicyclic amines) is 1. The number of aryl methyl sites for hydroxylation is 1. The van der Waals surface area contributed by atoms with E-state index in [0.717, 1.165) is 23.2 Å². The molecule has 146 valence electrons. The number of nitrogens with zero attached hydrogens (tertiary/aromatic N) is 1. The van der Waals surface area contributed by atoms with Gasteiger partial charge in [0.1, 0.15) is 0 Å². The lowest BCUT2D eigenvalue weighted by Gasteiger charge is -2.16. The monoisotopic (exact) mass is 379 g/mol.